The SMILES string of the molecule is CC(=O)N(CC(=O)O)C1CCCN(C(=O)c2ccc3c(c2)OCC(=O)N3)CC1. The number of anilines is 1. The van der Waals surface area contributed by atoms with E-state index in [1.807, 2.05) is 0 Å². The Morgan fingerprint density at radius 3 is 2.79 bits per heavy atom. The number of ether oxygens (including phenoxy) is 1. The molecule has 28 heavy (non-hydrogen) atoms. The van der Waals surface area contributed by atoms with E-state index in [2.05, 4.69) is 5.32 Å². The second-order valence-corrected chi connectivity index (χ2v) is 6.97. The van der Waals surface area contributed by atoms with E-state index in [-0.39, 0.29) is 36.9 Å². The Morgan fingerprint density at radius 2 is 2.07 bits per heavy atom. The Balaban J connectivity index is 1.68. The number of carbonyl (C=O) groups is 4. The molecule has 1 aromatic rings. The maximum absolute atomic E-state index is 12.9. The Morgan fingerprint density at radius 1 is 1.29 bits per heavy atom. The van der Waals surface area contributed by atoms with Gasteiger partial charge in [-0.1, -0.05) is 0 Å². The molecule has 0 radical (unpaired) electrons. The van der Waals surface area contributed by atoms with E-state index in [1.54, 1.807) is 23.1 Å². The fourth-order valence-corrected chi connectivity index (χ4v) is 3.63. The average molecular weight is 389 g/mol. The van der Waals surface area contributed by atoms with Crippen LogP contribution in [0.4, 0.5) is 5.69 Å². The summed E-state index contributed by atoms with van der Waals surface area (Å²) in [6, 6.07) is 4.70. The molecule has 9 heteroatoms. The van der Waals surface area contributed by atoms with Gasteiger partial charge in [-0.3, -0.25) is 19.2 Å². The van der Waals surface area contributed by atoms with Crippen LogP contribution >= 0.6 is 0 Å². The quantitative estimate of drug-likeness (QED) is 0.792. The molecule has 1 saturated heterocycles. The van der Waals surface area contributed by atoms with Gasteiger partial charge in [0.25, 0.3) is 11.8 Å². The first-order valence-electron chi connectivity index (χ1n) is 9.20. The van der Waals surface area contributed by atoms with Gasteiger partial charge in [-0.05, 0) is 37.5 Å². The normalized spacial score (nSPS) is 19.0. The highest BCUT2D eigenvalue weighted by Gasteiger charge is 2.28. The fourth-order valence-electron chi connectivity index (χ4n) is 3.63. The molecule has 0 bridgehead atoms. The summed E-state index contributed by atoms with van der Waals surface area (Å²) in [7, 11) is 0. The minimum absolute atomic E-state index is 0.0828. The van der Waals surface area contributed by atoms with Gasteiger partial charge in [0.1, 0.15) is 12.3 Å². The summed E-state index contributed by atoms with van der Waals surface area (Å²) < 4.78 is 5.37. The van der Waals surface area contributed by atoms with Crippen LogP contribution in [0.1, 0.15) is 36.5 Å². The molecule has 0 aromatic heterocycles. The molecule has 2 aliphatic heterocycles. The number of carboxylic acid groups (broad SMARTS) is 1. The molecule has 2 N–H and O–H groups in total. The van der Waals surface area contributed by atoms with E-state index in [9.17, 15) is 19.2 Å². The molecular weight excluding hydrogens is 366 g/mol. The number of fused-ring (bicyclic) bond motifs is 1. The summed E-state index contributed by atoms with van der Waals surface area (Å²) in [4.78, 5) is 50.2. The molecule has 150 valence electrons. The van der Waals surface area contributed by atoms with Gasteiger partial charge in [0, 0.05) is 31.6 Å². The molecule has 1 unspecified atom stereocenters. The molecule has 0 aliphatic carbocycles. The van der Waals surface area contributed by atoms with Crippen LogP contribution in [0.5, 0.6) is 5.75 Å². The van der Waals surface area contributed by atoms with Gasteiger partial charge in [0.2, 0.25) is 5.91 Å². The Labute approximate surface area is 162 Å². The van der Waals surface area contributed by atoms with Crippen molar-refractivity contribution in [2.75, 3.05) is 31.6 Å². The van der Waals surface area contributed by atoms with Crippen molar-refractivity contribution in [2.45, 2.75) is 32.2 Å². The summed E-state index contributed by atoms with van der Waals surface area (Å²) >= 11 is 0. The molecule has 3 rings (SSSR count). The second kappa shape index (κ2) is 8.28. The molecular formula is C19H23N3O6. The summed E-state index contributed by atoms with van der Waals surface area (Å²) in [5, 5.41) is 11.7. The smallest absolute Gasteiger partial charge is 0.323 e. The fraction of sp³-hybridized carbons (Fsp3) is 0.474. The number of carboxylic acids is 1. The standard InChI is InChI=1S/C19H23N3O6/c1-12(23)22(10-18(25)26)14-3-2-7-21(8-6-14)19(27)13-4-5-15-16(9-13)28-11-17(24)20-15/h4-5,9,14H,2-3,6-8,10-11H2,1H3,(H,20,24)(H,25,26). The van der Waals surface area contributed by atoms with Crippen LogP contribution in [-0.4, -0.2) is 70.9 Å². The number of nitrogens with one attached hydrogen (secondary N) is 1. The zero-order chi connectivity index (χ0) is 20.3. The number of carbonyl (C=O) groups excluding carboxylic acids is 3. The van der Waals surface area contributed by atoms with Gasteiger partial charge in [-0.25, -0.2) is 0 Å². The van der Waals surface area contributed by atoms with Crippen LogP contribution in [0, 0.1) is 0 Å². The lowest BCUT2D eigenvalue weighted by molar-refractivity contribution is -0.145. The van der Waals surface area contributed by atoms with Crippen LogP contribution in [-0.2, 0) is 14.4 Å². The Bertz CT molecular complexity index is 809. The molecule has 2 heterocycles. The van der Waals surface area contributed by atoms with Gasteiger partial charge in [-0.15, -0.1) is 0 Å². The van der Waals surface area contributed by atoms with Crippen molar-refractivity contribution in [3.63, 3.8) is 0 Å². The van der Waals surface area contributed by atoms with Crippen molar-refractivity contribution in [3.05, 3.63) is 23.8 Å². The molecule has 2 aliphatic rings. The highest BCUT2D eigenvalue weighted by molar-refractivity contribution is 5.99. The number of hydrogen-bond donors (Lipinski definition) is 2. The number of aliphatic carboxylic acids is 1. The number of rotatable bonds is 4. The van der Waals surface area contributed by atoms with Crippen molar-refractivity contribution in [1.29, 1.82) is 0 Å². The predicted octanol–water partition coefficient (Wildman–Crippen LogP) is 0.945. The minimum Gasteiger partial charge on any atom is -0.482 e. The molecule has 1 atom stereocenters. The van der Waals surface area contributed by atoms with Crippen molar-refractivity contribution >= 4 is 29.4 Å². The monoisotopic (exact) mass is 389 g/mol. The molecule has 0 spiro atoms. The zero-order valence-electron chi connectivity index (χ0n) is 15.6. The molecule has 1 aromatic carbocycles. The molecule has 0 saturated carbocycles. The third-order valence-corrected chi connectivity index (χ3v) is 5.00. The van der Waals surface area contributed by atoms with Gasteiger partial charge in [0.05, 0.1) is 5.69 Å². The number of benzene rings is 1. The maximum Gasteiger partial charge on any atom is 0.323 e. The number of amides is 3. The summed E-state index contributed by atoms with van der Waals surface area (Å²) in [6.45, 7) is 1.91. The van der Waals surface area contributed by atoms with Gasteiger partial charge < -0.3 is 25.0 Å². The number of hydrogen-bond acceptors (Lipinski definition) is 5. The van der Waals surface area contributed by atoms with Crippen molar-refractivity contribution in [1.82, 2.24) is 9.80 Å². The van der Waals surface area contributed by atoms with Crippen LogP contribution in [0.25, 0.3) is 0 Å². The lowest BCUT2D eigenvalue weighted by Gasteiger charge is -2.29. The van der Waals surface area contributed by atoms with Crippen LogP contribution in [0.2, 0.25) is 0 Å². The highest BCUT2D eigenvalue weighted by atomic mass is 16.5. The molecule has 9 nitrogen and oxygen atoms in total. The largest absolute Gasteiger partial charge is 0.482 e. The molecule has 1 fully saturated rings. The average Bonchev–Trinajstić information content (AvgIpc) is 2.90. The predicted molar refractivity (Wildman–Crippen MR) is 99.1 cm³/mol. The van der Waals surface area contributed by atoms with Crippen molar-refractivity contribution < 1.29 is 29.0 Å². The Kier molecular flexibility index (Phi) is 5.81. The van der Waals surface area contributed by atoms with E-state index in [1.165, 1.54) is 11.8 Å². The third-order valence-electron chi connectivity index (χ3n) is 5.00. The summed E-state index contributed by atoms with van der Waals surface area (Å²) in [5.74, 6) is -1.25. The number of likely N-dealkylation sites (tertiary alicyclic amines) is 1. The van der Waals surface area contributed by atoms with Crippen LogP contribution in [0.3, 0.4) is 0 Å². The van der Waals surface area contributed by atoms with E-state index in [0.717, 1.165) is 0 Å². The van der Waals surface area contributed by atoms with Crippen molar-refractivity contribution in [2.24, 2.45) is 0 Å². The van der Waals surface area contributed by atoms with Crippen molar-refractivity contribution in [3.8, 4) is 5.75 Å². The van der Waals surface area contributed by atoms with E-state index >= 15 is 0 Å². The van der Waals surface area contributed by atoms with Gasteiger partial charge >= 0.3 is 5.97 Å². The lowest BCUT2D eigenvalue weighted by atomic mass is 10.1. The second-order valence-electron chi connectivity index (χ2n) is 6.97. The van der Waals surface area contributed by atoms with Gasteiger partial charge in [0.15, 0.2) is 6.61 Å². The zero-order valence-corrected chi connectivity index (χ0v) is 15.6. The van der Waals surface area contributed by atoms with E-state index in [4.69, 9.17) is 9.84 Å². The minimum atomic E-state index is -1.05. The summed E-state index contributed by atoms with van der Waals surface area (Å²) in [6.07, 6.45) is 1.85. The first-order chi connectivity index (χ1) is 13.3. The first kappa shape index (κ1) is 19.7. The summed E-state index contributed by atoms with van der Waals surface area (Å²) in [5.41, 5.74) is 0.997. The van der Waals surface area contributed by atoms with E-state index < -0.39 is 5.97 Å². The van der Waals surface area contributed by atoms with E-state index in [0.29, 0.717) is 49.4 Å². The van der Waals surface area contributed by atoms with Crippen LogP contribution in [0.15, 0.2) is 18.2 Å². The highest BCUT2D eigenvalue weighted by Crippen LogP contribution is 2.29. The van der Waals surface area contributed by atoms with Gasteiger partial charge in [-0.2, -0.15) is 0 Å². The molecule has 3 amide bonds. The topological polar surface area (TPSA) is 116 Å². The lowest BCUT2D eigenvalue weighted by Crippen LogP contribution is -2.43. The maximum atomic E-state index is 12.9. The third kappa shape index (κ3) is 4.41. The van der Waals surface area contributed by atoms with Crippen LogP contribution < -0.4 is 10.1 Å². The first-order valence-corrected chi connectivity index (χ1v) is 9.20. The Hall–Kier alpha value is -3.10. The number of nitrogens with zero attached hydrogens (tertiary/aromatic N) is 2.